The molecule has 0 aliphatic carbocycles. The van der Waals surface area contributed by atoms with Gasteiger partial charge in [0.2, 0.25) is 10.0 Å². The number of carbonyl (C=O) groups is 1. The molecule has 12 heteroatoms. The summed E-state index contributed by atoms with van der Waals surface area (Å²) in [6.07, 6.45) is 1.77. The van der Waals surface area contributed by atoms with E-state index in [-0.39, 0.29) is 10.8 Å². The number of piperazine rings is 1. The zero-order valence-corrected chi connectivity index (χ0v) is 20.7. The van der Waals surface area contributed by atoms with Gasteiger partial charge >= 0.3 is 0 Å². The Bertz CT molecular complexity index is 1280. The first-order valence-electron chi connectivity index (χ1n) is 11.6. The molecule has 0 unspecified atom stereocenters. The molecule has 3 aromatic rings. The second kappa shape index (κ2) is 10.0. The summed E-state index contributed by atoms with van der Waals surface area (Å²) >= 11 is 5.98. The van der Waals surface area contributed by atoms with Gasteiger partial charge in [-0.3, -0.25) is 9.69 Å². The van der Waals surface area contributed by atoms with Crippen LogP contribution < -0.4 is 0 Å². The summed E-state index contributed by atoms with van der Waals surface area (Å²) in [4.78, 5) is 17.2. The molecule has 10 nitrogen and oxygen atoms in total. The average molecular weight is 516 g/mol. The number of halogens is 1. The third-order valence-electron chi connectivity index (χ3n) is 6.43. The third kappa shape index (κ3) is 5.08. The number of rotatable bonds is 6. The van der Waals surface area contributed by atoms with Crippen molar-refractivity contribution in [2.75, 3.05) is 39.3 Å². The highest BCUT2D eigenvalue weighted by molar-refractivity contribution is 7.89. The molecule has 0 atom stereocenters. The van der Waals surface area contributed by atoms with Crippen LogP contribution >= 0.6 is 11.6 Å². The highest BCUT2D eigenvalue weighted by Crippen LogP contribution is 2.22. The molecule has 1 aromatic heterocycles. The summed E-state index contributed by atoms with van der Waals surface area (Å²) in [5, 5.41) is 12.7. The van der Waals surface area contributed by atoms with Crippen LogP contribution in [0.3, 0.4) is 0 Å². The van der Waals surface area contributed by atoms with Crippen LogP contribution in [0.15, 0.2) is 53.4 Å². The second-order valence-corrected chi connectivity index (χ2v) is 11.1. The van der Waals surface area contributed by atoms with Gasteiger partial charge in [0.05, 0.1) is 17.1 Å². The van der Waals surface area contributed by atoms with Crippen molar-refractivity contribution in [2.45, 2.75) is 24.3 Å². The van der Waals surface area contributed by atoms with Gasteiger partial charge < -0.3 is 4.90 Å². The minimum absolute atomic E-state index is 0.0965. The van der Waals surface area contributed by atoms with Gasteiger partial charge in [-0.1, -0.05) is 11.6 Å². The van der Waals surface area contributed by atoms with E-state index >= 15 is 0 Å². The maximum absolute atomic E-state index is 13.0. The van der Waals surface area contributed by atoms with E-state index in [2.05, 4.69) is 20.4 Å². The normalized spacial score (nSPS) is 17.7. The first-order chi connectivity index (χ1) is 16.9. The number of carbonyl (C=O) groups excluding carboxylic acids is 1. The standard InChI is InChI=1S/C23H26ClN7O3S/c24-19-5-7-20(8-6-19)31-22(25-26-27-31)17-28-13-15-29(16-14-28)23(32)18-3-9-21(10-4-18)35(33,34)30-11-1-2-12-30/h3-10H,1-2,11-17H2. The molecule has 1 amide bonds. The Balaban J connectivity index is 1.18. The van der Waals surface area contributed by atoms with Crippen LogP contribution in [0.5, 0.6) is 0 Å². The Morgan fingerprint density at radius 3 is 2.20 bits per heavy atom. The maximum atomic E-state index is 13.0. The van der Waals surface area contributed by atoms with E-state index in [1.54, 1.807) is 33.8 Å². The van der Waals surface area contributed by atoms with Gasteiger partial charge in [0.25, 0.3) is 5.91 Å². The third-order valence-corrected chi connectivity index (χ3v) is 8.60. The lowest BCUT2D eigenvalue weighted by atomic mass is 10.2. The number of sulfonamides is 1. The van der Waals surface area contributed by atoms with Gasteiger partial charge in [-0.05, 0) is 71.8 Å². The Morgan fingerprint density at radius 2 is 1.54 bits per heavy atom. The van der Waals surface area contributed by atoms with Crippen molar-refractivity contribution in [1.29, 1.82) is 0 Å². The van der Waals surface area contributed by atoms with Crippen molar-refractivity contribution in [3.63, 3.8) is 0 Å². The molecule has 0 saturated carbocycles. The molecule has 2 aliphatic heterocycles. The first kappa shape index (κ1) is 23.9. The number of hydrogen-bond acceptors (Lipinski definition) is 7. The van der Waals surface area contributed by atoms with Crippen molar-refractivity contribution in [3.05, 3.63) is 64.9 Å². The topological polar surface area (TPSA) is 105 Å². The quantitative estimate of drug-likeness (QED) is 0.495. The maximum Gasteiger partial charge on any atom is 0.253 e. The van der Waals surface area contributed by atoms with E-state index in [9.17, 15) is 13.2 Å². The average Bonchev–Trinajstić information content (AvgIpc) is 3.58. The Labute approximate surface area is 209 Å². The van der Waals surface area contributed by atoms with Crippen LogP contribution in [0, 0.1) is 0 Å². The summed E-state index contributed by atoms with van der Waals surface area (Å²) in [6, 6.07) is 13.6. The second-order valence-electron chi connectivity index (χ2n) is 8.69. The zero-order chi connectivity index (χ0) is 24.4. The lowest BCUT2D eigenvalue weighted by Gasteiger charge is -2.34. The molecule has 184 valence electrons. The minimum atomic E-state index is -3.49. The van der Waals surface area contributed by atoms with Crippen molar-refractivity contribution in [2.24, 2.45) is 0 Å². The molecule has 0 radical (unpaired) electrons. The highest BCUT2D eigenvalue weighted by Gasteiger charge is 2.28. The van der Waals surface area contributed by atoms with Crippen LogP contribution in [0.1, 0.15) is 29.0 Å². The van der Waals surface area contributed by atoms with Crippen LogP contribution in [-0.4, -0.2) is 87.9 Å². The monoisotopic (exact) mass is 515 g/mol. The van der Waals surface area contributed by atoms with E-state index in [4.69, 9.17) is 11.6 Å². The fourth-order valence-corrected chi connectivity index (χ4v) is 6.07. The molecule has 3 heterocycles. The number of amides is 1. The number of nitrogens with zero attached hydrogens (tertiary/aromatic N) is 7. The van der Waals surface area contributed by atoms with Crippen molar-refractivity contribution in [1.82, 2.24) is 34.3 Å². The fraction of sp³-hybridized carbons (Fsp3) is 0.391. The van der Waals surface area contributed by atoms with E-state index in [1.807, 2.05) is 12.1 Å². The summed E-state index contributed by atoms with van der Waals surface area (Å²) < 4.78 is 28.6. The van der Waals surface area contributed by atoms with E-state index < -0.39 is 10.0 Å². The van der Waals surface area contributed by atoms with Crippen LogP contribution in [0.2, 0.25) is 5.02 Å². The molecule has 35 heavy (non-hydrogen) atoms. The SMILES string of the molecule is O=C(c1ccc(S(=O)(=O)N2CCCC2)cc1)N1CCN(Cc2nnnn2-c2ccc(Cl)cc2)CC1. The van der Waals surface area contributed by atoms with E-state index in [1.165, 1.54) is 16.4 Å². The lowest BCUT2D eigenvalue weighted by molar-refractivity contribution is 0.0624. The van der Waals surface area contributed by atoms with Crippen molar-refractivity contribution >= 4 is 27.5 Å². The molecular formula is C23H26ClN7O3S. The van der Waals surface area contributed by atoms with Gasteiger partial charge in [-0.2, -0.15) is 8.99 Å². The number of hydrogen-bond donors (Lipinski definition) is 0. The lowest BCUT2D eigenvalue weighted by Crippen LogP contribution is -2.48. The summed E-state index contributed by atoms with van der Waals surface area (Å²) in [5.41, 5.74) is 1.32. The largest absolute Gasteiger partial charge is 0.336 e. The van der Waals surface area contributed by atoms with E-state index in [0.717, 1.165) is 18.5 Å². The van der Waals surface area contributed by atoms with Gasteiger partial charge in [-0.25, -0.2) is 8.42 Å². The van der Waals surface area contributed by atoms with Gasteiger partial charge in [0.1, 0.15) is 0 Å². The Kier molecular flexibility index (Phi) is 6.83. The molecular weight excluding hydrogens is 490 g/mol. The number of benzene rings is 2. The van der Waals surface area contributed by atoms with Crippen molar-refractivity contribution in [3.8, 4) is 5.69 Å². The molecule has 0 N–H and O–H groups in total. The van der Waals surface area contributed by atoms with Crippen LogP contribution in [0.25, 0.3) is 5.69 Å². The summed E-state index contributed by atoms with van der Waals surface area (Å²) in [6.45, 7) is 4.16. The summed E-state index contributed by atoms with van der Waals surface area (Å²) in [5.74, 6) is 0.614. The summed E-state index contributed by atoms with van der Waals surface area (Å²) in [7, 11) is -3.49. The predicted octanol–water partition coefficient (Wildman–Crippen LogP) is 2.06. The Hall–Kier alpha value is -2.86. The number of tetrazole rings is 1. The molecule has 2 aromatic carbocycles. The molecule has 2 fully saturated rings. The minimum Gasteiger partial charge on any atom is -0.336 e. The van der Waals surface area contributed by atoms with Crippen molar-refractivity contribution < 1.29 is 13.2 Å². The molecule has 2 saturated heterocycles. The number of aromatic nitrogens is 4. The Morgan fingerprint density at radius 1 is 0.886 bits per heavy atom. The highest BCUT2D eigenvalue weighted by atomic mass is 35.5. The van der Waals surface area contributed by atoms with Gasteiger partial charge in [0, 0.05) is 49.9 Å². The smallest absolute Gasteiger partial charge is 0.253 e. The molecule has 0 spiro atoms. The van der Waals surface area contributed by atoms with Gasteiger partial charge in [-0.15, -0.1) is 5.10 Å². The van der Waals surface area contributed by atoms with E-state index in [0.29, 0.717) is 62.2 Å². The first-order valence-corrected chi connectivity index (χ1v) is 13.4. The zero-order valence-electron chi connectivity index (χ0n) is 19.1. The van der Waals surface area contributed by atoms with Gasteiger partial charge in [0.15, 0.2) is 5.82 Å². The molecule has 2 aliphatic rings. The molecule has 0 bridgehead atoms. The predicted molar refractivity (Wildman–Crippen MR) is 130 cm³/mol. The van der Waals surface area contributed by atoms with Crippen LogP contribution in [0.4, 0.5) is 0 Å². The van der Waals surface area contributed by atoms with Crippen LogP contribution in [-0.2, 0) is 16.6 Å². The molecule has 5 rings (SSSR count). The fourth-order valence-electron chi connectivity index (χ4n) is 4.43.